The molecule has 4 heterocycles. The summed E-state index contributed by atoms with van der Waals surface area (Å²) in [5, 5.41) is 0.301. The van der Waals surface area contributed by atoms with E-state index in [1.807, 2.05) is 64.6 Å². The van der Waals surface area contributed by atoms with Crippen LogP contribution in [0.25, 0.3) is 28.0 Å². The van der Waals surface area contributed by atoms with E-state index in [9.17, 15) is 14.0 Å². The lowest BCUT2D eigenvalue weighted by Gasteiger charge is -2.44. The van der Waals surface area contributed by atoms with Gasteiger partial charge in [0.05, 0.1) is 16.8 Å². The number of fused-ring (bicyclic) bond motifs is 1. The standard InChI is InChI=1S/C34H39F2N7O2/c1-20(2)29-31(21(3)14-15-37-29)43-33-25(17-27(36)30(38-33)24-11-8-9-12-26(24)35)32(39-34(43)45)42-19-22(4)41(18-23(42)5)28(44)13-10-16-40(6)7/h8-15,17,20,22-23H,16,18-19H2,1-7H3/b13-10-/t22-,23+/m1/s1. The average Bonchev–Trinajstić information content (AvgIpc) is 2.98. The highest BCUT2D eigenvalue weighted by Crippen LogP contribution is 2.34. The molecule has 0 aliphatic carbocycles. The van der Waals surface area contributed by atoms with Crippen LogP contribution in [0.3, 0.4) is 0 Å². The van der Waals surface area contributed by atoms with Gasteiger partial charge in [-0.1, -0.05) is 32.1 Å². The molecule has 1 aliphatic rings. The van der Waals surface area contributed by atoms with Gasteiger partial charge in [-0.15, -0.1) is 0 Å². The number of hydrogen-bond acceptors (Lipinski definition) is 7. The van der Waals surface area contributed by atoms with Crippen LogP contribution in [0.15, 0.2) is 59.5 Å². The first kappa shape index (κ1) is 31.9. The van der Waals surface area contributed by atoms with Crippen LogP contribution in [-0.4, -0.2) is 81.0 Å². The summed E-state index contributed by atoms with van der Waals surface area (Å²) in [4.78, 5) is 46.5. The number of carbonyl (C=O) groups excluding carboxylic acids is 1. The molecular weight excluding hydrogens is 576 g/mol. The number of halogens is 2. The molecule has 0 radical (unpaired) electrons. The van der Waals surface area contributed by atoms with Crippen LogP contribution in [-0.2, 0) is 4.79 Å². The summed E-state index contributed by atoms with van der Waals surface area (Å²) < 4.78 is 32.2. The molecule has 1 aliphatic heterocycles. The van der Waals surface area contributed by atoms with Crippen LogP contribution in [0.5, 0.6) is 0 Å². The van der Waals surface area contributed by atoms with Gasteiger partial charge in [0.2, 0.25) is 5.91 Å². The third-order valence-corrected chi connectivity index (χ3v) is 8.13. The second kappa shape index (κ2) is 12.8. The molecular formula is C34H39F2N7O2. The number of pyridine rings is 2. The number of aromatic nitrogens is 4. The van der Waals surface area contributed by atoms with Gasteiger partial charge < -0.3 is 14.7 Å². The van der Waals surface area contributed by atoms with Gasteiger partial charge >= 0.3 is 5.69 Å². The smallest absolute Gasteiger partial charge is 0.349 e. The molecule has 1 amide bonds. The fraction of sp³-hybridized carbons (Fsp3) is 0.382. The molecule has 1 aromatic carbocycles. The van der Waals surface area contributed by atoms with Crippen molar-refractivity contribution in [1.82, 2.24) is 29.3 Å². The maximum atomic E-state index is 15.9. The average molecular weight is 616 g/mol. The summed E-state index contributed by atoms with van der Waals surface area (Å²) in [6.45, 7) is 11.1. The van der Waals surface area contributed by atoms with E-state index in [1.54, 1.807) is 29.3 Å². The Hall–Kier alpha value is -4.51. The number of carbonyl (C=O) groups is 1. The van der Waals surface area contributed by atoms with E-state index in [2.05, 4.69) is 15.0 Å². The number of benzene rings is 1. The van der Waals surface area contributed by atoms with Crippen molar-refractivity contribution in [1.29, 1.82) is 0 Å². The van der Waals surface area contributed by atoms with Gasteiger partial charge in [-0.3, -0.25) is 9.78 Å². The SMILES string of the molecule is Cc1ccnc(C(C)C)c1-n1c(=O)nc(N2C[C@@H](C)N(C(=O)/C=C\CN(C)C)C[C@@H]2C)c2cc(F)c(-c3ccccc3F)nc21. The first-order chi connectivity index (χ1) is 21.4. The Balaban J connectivity index is 1.70. The summed E-state index contributed by atoms with van der Waals surface area (Å²) >= 11 is 0. The lowest BCUT2D eigenvalue weighted by atomic mass is 10.0. The largest absolute Gasteiger partial charge is 0.355 e. The van der Waals surface area contributed by atoms with E-state index >= 15 is 4.39 Å². The summed E-state index contributed by atoms with van der Waals surface area (Å²) in [5.74, 6) is -1.26. The Morgan fingerprint density at radius 1 is 1.07 bits per heavy atom. The maximum Gasteiger partial charge on any atom is 0.355 e. The molecule has 3 aromatic heterocycles. The zero-order valence-electron chi connectivity index (χ0n) is 26.8. The highest BCUT2D eigenvalue weighted by molar-refractivity contribution is 5.91. The van der Waals surface area contributed by atoms with E-state index in [1.165, 1.54) is 28.8 Å². The van der Waals surface area contributed by atoms with Gasteiger partial charge in [-0.05, 0) is 70.6 Å². The molecule has 9 nitrogen and oxygen atoms in total. The van der Waals surface area contributed by atoms with E-state index < -0.39 is 17.3 Å². The second-order valence-electron chi connectivity index (χ2n) is 12.2. The van der Waals surface area contributed by atoms with Gasteiger partial charge in [0, 0.05) is 49.6 Å². The Morgan fingerprint density at radius 3 is 2.49 bits per heavy atom. The van der Waals surface area contributed by atoms with Crippen LogP contribution in [0.4, 0.5) is 14.6 Å². The molecule has 45 heavy (non-hydrogen) atoms. The number of aryl methyl sites for hydroxylation is 1. The molecule has 0 saturated carbocycles. The molecule has 236 valence electrons. The highest BCUT2D eigenvalue weighted by Gasteiger charge is 2.34. The third-order valence-electron chi connectivity index (χ3n) is 8.13. The van der Waals surface area contributed by atoms with Crippen LogP contribution in [0.1, 0.15) is 44.9 Å². The first-order valence-corrected chi connectivity index (χ1v) is 15.1. The van der Waals surface area contributed by atoms with Crippen molar-refractivity contribution in [3.8, 4) is 16.9 Å². The van der Waals surface area contributed by atoms with Crippen molar-refractivity contribution in [3.05, 3.63) is 88.1 Å². The predicted octanol–water partition coefficient (Wildman–Crippen LogP) is 5.10. The highest BCUT2D eigenvalue weighted by atomic mass is 19.1. The fourth-order valence-electron chi connectivity index (χ4n) is 5.84. The monoisotopic (exact) mass is 615 g/mol. The van der Waals surface area contributed by atoms with Crippen molar-refractivity contribution >= 4 is 22.8 Å². The first-order valence-electron chi connectivity index (χ1n) is 15.1. The lowest BCUT2D eigenvalue weighted by Crippen LogP contribution is -2.58. The molecule has 2 atom stereocenters. The maximum absolute atomic E-state index is 15.9. The summed E-state index contributed by atoms with van der Waals surface area (Å²) in [6.07, 6.45) is 5.09. The quantitative estimate of drug-likeness (QED) is 0.268. The van der Waals surface area contributed by atoms with Gasteiger partial charge in [0.15, 0.2) is 5.65 Å². The zero-order valence-corrected chi connectivity index (χ0v) is 26.8. The third kappa shape index (κ3) is 6.22. The van der Waals surface area contributed by atoms with E-state index in [-0.39, 0.29) is 46.6 Å². The number of anilines is 1. The Kier molecular flexibility index (Phi) is 9.11. The summed E-state index contributed by atoms with van der Waals surface area (Å²) in [5.41, 5.74) is 1.25. The minimum atomic E-state index is -0.742. The summed E-state index contributed by atoms with van der Waals surface area (Å²) in [7, 11) is 3.86. The van der Waals surface area contributed by atoms with Crippen molar-refractivity contribution in [2.24, 2.45) is 0 Å². The zero-order chi connectivity index (χ0) is 32.6. The molecule has 11 heteroatoms. The molecule has 0 spiro atoms. The number of nitrogens with zero attached hydrogens (tertiary/aromatic N) is 7. The van der Waals surface area contributed by atoms with Crippen molar-refractivity contribution in [2.45, 2.75) is 52.6 Å². The van der Waals surface area contributed by atoms with Gasteiger partial charge in [-0.25, -0.2) is 23.1 Å². The molecule has 0 unspecified atom stereocenters. The van der Waals surface area contributed by atoms with Gasteiger partial charge in [-0.2, -0.15) is 4.98 Å². The van der Waals surface area contributed by atoms with E-state index in [0.29, 0.717) is 36.4 Å². The van der Waals surface area contributed by atoms with Crippen LogP contribution in [0, 0.1) is 18.6 Å². The van der Waals surface area contributed by atoms with Crippen molar-refractivity contribution in [2.75, 3.05) is 38.6 Å². The van der Waals surface area contributed by atoms with Gasteiger partial charge in [0.25, 0.3) is 0 Å². The van der Waals surface area contributed by atoms with Crippen LogP contribution in [0.2, 0.25) is 0 Å². The number of hydrogen-bond donors (Lipinski definition) is 0. The topological polar surface area (TPSA) is 87.5 Å². The van der Waals surface area contributed by atoms with Crippen molar-refractivity contribution < 1.29 is 13.6 Å². The summed E-state index contributed by atoms with van der Waals surface area (Å²) in [6, 6.07) is 8.43. The normalized spacial score (nSPS) is 17.3. The van der Waals surface area contributed by atoms with E-state index in [4.69, 9.17) is 0 Å². The molecule has 0 N–H and O–H groups in total. The van der Waals surface area contributed by atoms with E-state index in [0.717, 1.165) is 5.56 Å². The van der Waals surface area contributed by atoms with Crippen LogP contribution < -0.4 is 10.6 Å². The lowest BCUT2D eigenvalue weighted by molar-refractivity contribution is -0.128. The second-order valence-corrected chi connectivity index (χ2v) is 12.2. The Bertz CT molecular complexity index is 1840. The Labute approximate surface area is 261 Å². The molecule has 1 saturated heterocycles. The number of likely N-dealkylation sites (N-methyl/N-ethyl adjacent to an activating group) is 1. The molecule has 4 aromatic rings. The van der Waals surface area contributed by atoms with Crippen LogP contribution >= 0.6 is 0 Å². The minimum Gasteiger partial charge on any atom is -0.349 e. The van der Waals surface area contributed by atoms with Crippen molar-refractivity contribution in [3.63, 3.8) is 0 Å². The van der Waals surface area contributed by atoms with Gasteiger partial charge in [0.1, 0.15) is 23.1 Å². The fourth-order valence-corrected chi connectivity index (χ4v) is 5.84. The predicted molar refractivity (Wildman–Crippen MR) is 173 cm³/mol. The number of piperazine rings is 1. The Morgan fingerprint density at radius 2 is 1.80 bits per heavy atom. The number of amides is 1. The molecule has 5 rings (SSSR count). The molecule has 0 bridgehead atoms. The minimum absolute atomic E-state index is 0.0160. The number of rotatable bonds is 7. The molecule has 1 fully saturated rings.